The molecule has 2 aromatic rings. The Morgan fingerprint density at radius 2 is 2.33 bits per heavy atom. The van der Waals surface area contributed by atoms with E-state index in [9.17, 15) is 9.18 Å². The first kappa shape index (κ1) is 14.1. The molecule has 0 radical (unpaired) electrons. The van der Waals surface area contributed by atoms with Crippen molar-refractivity contribution in [1.29, 1.82) is 0 Å². The predicted molar refractivity (Wildman–Crippen MR) is 78.8 cm³/mol. The van der Waals surface area contributed by atoms with Crippen LogP contribution >= 0.6 is 11.8 Å². The first-order chi connectivity index (χ1) is 10.1. The van der Waals surface area contributed by atoms with Crippen molar-refractivity contribution in [2.24, 2.45) is 0 Å². The topological polar surface area (TPSA) is 70.7 Å². The number of nitrogens with one attached hydrogen (secondary N) is 2. The number of aryl methyl sites for hydroxylation is 1. The molecule has 0 atom stereocenters. The largest absolute Gasteiger partial charge is 0.323 e. The maximum atomic E-state index is 13.6. The Labute approximate surface area is 125 Å². The van der Waals surface area contributed by atoms with Crippen LogP contribution in [0.5, 0.6) is 0 Å². The molecule has 0 saturated heterocycles. The summed E-state index contributed by atoms with van der Waals surface area (Å²) in [5.74, 6) is 0.836. The lowest BCUT2D eigenvalue weighted by Gasteiger charge is -2.06. The minimum atomic E-state index is -0.428. The number of aromatic nitrogens is 3. The Hall–Kier alpha value is -1.89. The highest BCUT2D eigenvalue weighted by Gasteiger charge is 2.27. The molecule has 1 saturated carbocycles. The summed E-state index contributed by atoms with van der Waals surface area (Å²) in [6, 6.07) is 4.70. The molecule has 1 aliphatic carbocycles. The average Bonchev–Trinajstić information content (AvgIpc) is 3.19. The normalized spacial score (nSPS) is 14.2. The number of aromatic amines is 1. The van der Waals surface area contributed by atoms with Gasteiger partial charge in [-0.1, -0.05) is 17.8 Å². The van der Waals surface area contributed by atoms with Crippen LogP contribution in [0.15, 0.2) is 23.4 Å². The summed E-state index contributed by atoms with van der Waals surface area (Å²) in [7, 11) is 0. The summed E-state index contributed by atoms with van der Waals surface area (Å²) in [6.07, 6.45) is 2.29. The van der Waals surface area contributed by atoms with E-state index < -0.39 is 5.82 Å². The number of H-pyrrole nitrogens is 1. The molecule has 110 valence electrons. The van der Waals surface area contributed by atoms with Crippen LogP contribution < -0.4 is 5.32 Å². The molecule has 1 aromatic heterocycles. The number of benzene rings is 1. The molecule has 1 amide bonds. The van der Waals surface area contributed by atoms with Crippen LogP contribution in [-0.2, 0) is 4.79 Å². The quantitative estimate of drug-likeness (QED) is 0.833. The fourth-order valence-electron chi connectivity index (χ4n) is 1.90. The van der Waals surface area contributed by atoms with E-state index in [0.29, 0.717) is 11.1 Å². The van der Waals surface area contributed by atoms with E-state index in [-0.39, 0.29) is 17.3 Å². The first-order valence-corrected chi connectivity index (χ1v) is 7.71. The Balaban J connectivity index is 1.53. The van der Waals surface area contributed by atoms with Crippen molar-refractivity contribution in [2.75, 3.05) is 11.1 Å². The Morgan fingerprint density at radius 3 is 3.05 bits per heavy atom. The number of halogens is 1. The van der Waals surface area contributed by atoms with Gasteiger partial charge in [0.2, 0.25) is 11.1 Å². The van der Waals surface area contributed by atoms with Crippen LogP contribution in [0.1, 0.15) is 30.1 Å². The highest BCUT2D eigenvalue weighted by atomic mass is 32.2. The number of thioether (sulfide) groups is 1. The zero-order chi connectivity index (χ0) is 14.8. The van der Waals surface area contributed by atoms with Crippen molar-refractivity contribution in [3.05, 3.63) is 35.4 Å². The van der Waals surface area contributed by atoms with Crippen molar-refractivity contribution in [3.63, 3.8) is 0 Å². The summed E-state index contributed by atoms with van der Waals surface area (Å²) in [4.78, 5) is 16.1. The molecule has 1 heterocycles. The van der Waals surface area contributed by atoms with Crippen LogP contribution in [0.2, 0.25) is 0 Å². The highest BCUT2D eigenvalue weighted by Crippen LogP contribution is 2.38. The van der Waals surface area contributed by atoms with E-state index in [2.05, 4.69) is 20.5 Å². The number of rotatable bonds is 5. The van der Waals surface area contributed by atoms with Crippen LogP contribution in [0.4, 0.5) is 10.1 Å². The van der Waals surface area contributed by atoms with Crippen molar-refractivity contribution in [1.82, 2.24) is 15.2 Å². The lowest BCUT2D eigenvalue weighted by molar-refractivity contribution is -0.113. The third-order valence-corrected chi connectivity index (χ3v) is 4.02. The Bertz CT molecular complexity index is 669. The Morgan fingerprint density at radius 1 is 1.52 bits per heavy atom. The summed E-state index contributed by atoms with van der Waals surface area (Å²) in [5, 5.41) is 10.0. The molecule has 1 aromatic carbocycles. The summed E-state index contributed by atoms with van der Waals surface area (Å²) in [5.41, 5.74) is 1.01. The minimum absolute atomic E-state index is 0.148. The number of amides is 1. The highest BCUT2D eigenvalue weighted by molar-refractivity contribution is 7.99. The number of carbonyl (C=O) groups excluding carboxylic acids is 1. The van der Waals surface area contributed by atoms with Crippen molar-refractivity contribution in [3.8, 4) is 0 Å². The molecular weight excluding hydrogens is 291 g/mol. The number of anilines is 1. The molecule has 0 unspecified atom stereocenters. The van der Waals surface area contributed by atoms with Crippen LogP contribution in [-0.4, -0.2) is 26.8 Å². The van der Waals surface area contributed by atoms with Crippen LogP contribution in [0.3, 0.4) is 0 Å². The summed E-state index contributed by atoms with van der Waals surface area (Å²) >= 11 is 1.23. The van der Waals surface area contributed by atoms with Gasteiger partial charge in [0.1, 0.15) is 11.6 Å². The summed E-state index contributed by atoms with van der Waals surface area (Å²) in [6.45, 7) is 1.80. The molecule has 5 nitrogen and oxygen atoms in total. The smallest absolute Gasteiger partial charge is 0.234 e. The first-order valence-electron chi connectivity index (χ1n) is 6.73. The maximum absolute atomic E-state index is 13.6. The SMILES string of the molecule is Cc1ccc(NC(=O)CSc2n[nH]c(C3CC3)n2)c(F)c1. The molecule has 21 heavy (non-hydrogen) atoms. The lowest BCUT2D eigenvalue weighted by Crippen LogP contribution is -2.15. The molecule has 0 bridgehead atoms. The molecule has 3 rings (SSSR count). The molecule has 1 fully saturated rings. The van der Waals surface area contributed by atoms with Gasteiger partial charge in [-0.3, -0.25) is 9.89 Å². The van der Waals surface area contributed by atoms with Gasteiger partial charge < -0.3 is 5.32 Å². The predicted octanol–water partition coefficient (Wildman–Crippen LogP) is 2.86. The van der Waals surface area contributed by atoms with Gasteiger partial charge in [0.05, 0.1) is 11.4 Å². The molecule has 2 N–H and O–H groups in total. The van der Waals surface area contributed by atoms with Crippen LogP contribution in [0.25, 0.3) is 0 Å². The minimum Gasteiger partial charge on any atom is -0.323 e. The van der Waals surface area contributed by atoms with Gasteiger partial charge in [-0.15, -0.1) is 5.10 Å². The van der Waals surface area contributed by atoms with Gasteiger partial charge in [0.15, 0.2) is 0 Å². The van der Waals surface area contributed by atoms with E-state index in [1.54, 1.807) is 19.1 Å². The van der Waals surface area contributed by atoms with Gasteiger partial charge in [-0.05, 0) is 37.5 Å². The molecule has 0 aliphatic heterocycles. The second-order valence-electron chi connectivity index (χ2n) is 5.10. The van der Waals surface area contributed by atoms with Gasteiger partial charge in [0, 0.05) is 5.92 Å². The van der Waals surface area contributed by atoms with E-state index in [1.165, 1.54) is 17.8 Å². The fraction of sp³-hybridized carbons (Fsp3) is 0.357. The summed E-state index contributed by atoms with van der Waals surface area (Å²) < 4.78 is 13.6. The second kappa shape index (κ2) is 5.85. The van der Waals surface area contributed by atoms with E-state index in [0.717, 1.165) is 24.2 Å². The Kier molecular flexibility index (Phi) is 3.92. The van der Waals surface area contributed by atoms with Gasteiger partial charge in [0.25, 0.3) is 0 Å². The number of nitrogens with zero attached hydrogens (tertiary/aromatic N) is 2. The van der Waals surface area contributed by atoms with Crippen LogP contribution in [0, 0.1) is 12.7 Å². The van der Waals surface area contributed by atoms with Crippen molar-refractivity contribution in [2.45, 2.75) is 30.8 Å². The lowest BCUT2D eigenvalue weighted by atomic mass is 10.2. The third-order valence-electron chi connectivity index (χ3n) is 3.18. The average molecular weight is 306 g/mol. The number of carbonyl (C=O) groups is 1. The maximum Gasteiger partial charge on any atom is 0.234 e. The van der Waals surface area contributed by atoms with E-state index in [4.69, 9.17) is 0 Å². The van der Waals surface area contributed by atoms with Gasteiger partial charge in [-0.2, -0.15) is 0 Å². The number of hydrogen-bond donors (Lipinski definition) is 2. The van der Waals surface area contributed by atoms with E-state index >= 15 is 0 Å². The zero-order valence-corrected chi connectivity index (χ0v) is 12.3. The van der Waals surface area contributed by atoms with E-state index in [1.807, 2.05) is 0 Å². The van der Waals surface area contributed by atoms with Gasteiger partial charge in [-0.25, -0.2) is 9.37 Å². The second-order valence-corrected chi connectivity index (χ2v) is 6.04. The van der Waals surface area contributed by atoms with Crippen molar-refractivity contribution < 1.29 is 9.18 Å². The third kappa shape index (κ3) is 3.60. The monoisotopic (exact) mass is 306 g/mol. The van der Waals surface area contributed by atoms with Crippen molar-refractivity contribution >= 4 is 23.4 Å². The number of hydrogen-bond acceptors (Lipinski definition) is 4. The molecule has 0 spiro atoms. The standard InChI is InChI=1S/C14H15FN4OS/c1-8-2-5-11(10(15)6-8)16-12(20)7-21-14-17-13(18-19-14)9-3-4-9/h2,5-6,9H,3-4,7H2,1H3,(H,16,20)(H,17,18,19). The molecular formula is C14H15FN4OS. The fourth-order valence-corrected chi connectivity index (χ4v) is 2.51. The zero-order valence-electron chi connectivity index (χ0n) is 11.5. The molecule has 1 aliphatic rings. The molecule has 7 heteroatoms. The van der Waals surface area contributed by atoms with Gasteiger partial charge >= 0.3 is 0 Å².